The maximum Gasteiger partial charge on any atom is 0.226 e. The molecule has 0 atom stereocenters. The molecule has 176 valence electrons. The number of benzene rings is 1. The number of hydrogen-bond donors (Lipinski definition) is 3. The van der Waals surface area contributed by atoms with Gasteiger partial charge in [-0.25, -0.2) is 4.39 Å². The van der Waals surface area contributed by atoms with Crippen LogP contribution in [-0.4, -0.2) is 49.5 Å². The molecule has 6 nitrogen and oxygen atoms in total. The van der Waals surface area contributed by atoms with E-state index in [0.29, 0.717) is 50.3 Å². The molecule has 7 heteroatoms. The summed E-state index contributed by atoms with van der Waals surface area (Å²) in [6, 6.07) is 8.09. The predicted octanol–water partition coefficient (Wildman–Crippen LogP) is 3.13. The van der Waals surface area contributed by atoms with Crippen LogP contribution < -0.4 is 15.8 Å². The summed E-state index contributed by atoms with van der Waals surface area (Å²) < 4.78 is 23.6. The molecule has 1 aromatic rings. The number of fused-ring (bicyclic) bond motifs is 3. The van der Waals surface area contributed by atoms with Crippen LogP contribution >= 0.6 is 0 Å². The minimum absolute atomic E-state index is 0.103. The highest BCUT2D eigenvalue weighted by Crippen LogP contribution is 2.58. The Bertz CT molecular complexity index is 808. The number of rotatable bonds is 8. The molecule has 1 aliphatic heterocycles. The normalized spacial score (nSPS) is 29.5. The monoisotopic (exact) mass is 446 g/mol. The maximum absolute atomic E-state index is 13.1. The summed E-state index contributed by atoms with van der Waals surface area (Å²) in [6.07, 6.45) is 7.23. The summed E-state index contributed by atoms with van der Waals surface area (Å²) in [5.74, 6) is 0.801. The minimum Gasteiger partial charge on any atom is -0.489 e. The van der Waals surface area contributed by atoms with Crippen LogP contribution in [0.5, 0.6) is 5.75 Å². The lowest BCUT2D eigenvalue weighted by Gasteiger charge is -2.53. The zero-order chi connectivity index (χ0) is 22.7. The van der Waals surface area contributed by atoms with E-state index in [0.717, 1.165) is 38.5 Å². The van der Waals surface area contributed by atoms with E-state index in [2.05, 4.69) is 17.4 Å². The number of carbonyl (C=O) groups excluding carboxylic acids is 1. The standard InChI is InChI=1S/C25H35FN2O4/c26-15-19(16-27)17-32-21-3-1-20(2-4-21)23-5-8-24(9-6-23,10-7-23)22(29)28-18-25(30)11-13-31-14-12-25/h1-4,15,30H,5-14,16-18,27H2,(H,28,29)/b19-15+. The van der Waals surface area contributed by atoms with Gasteiger partial charge in [-0.2, -0.15) is 0 Å². The van der Waals surface area contributed by atoms with Crippen molar-refractivity contribution >= 4 is 5.91 Å². The number of nitrogens with one attached hydrogen (secondary N) is 1. The van der Waals surface area contributed by atoms with Crippen molar-refractivity contribution < 1.29 is 23.8 Å². The highest BCUT2D eigenvalue weighted by molar-refractivity contribution is 5.83. The Morgan fingerprint density at radius 3 is 2.28 bits per heavy atom. The summed E-state index contributed by atoms with van der Waals surface area (Å²) in [5, 5.41) is 13.7. The molecule has 1 heterocycles. The molecule has 5 rings (SSSR count). The van der Waals surface area contributed by atoms with E-state index in [9.17, 15) is 14.3 Å². The second-order valence-corrected chi connectivity index (χ2v) is 9.86. The van der Waals surface area contributed by atoms with E-state index in [1.54, 1.807) is 0 Å². The van der Waals surface area contributed by atoms with E-state index in [1.807, 2.05) is 12.1 Å². The zero-order valence-corrected chi connectivity index (χ0v) is 18.7. The van der Waals surface area contributed by atoms with Crippen molar-refractivity contribution in [3.8, 4) is 5.75 Å². The summed E-state index contributed by atoms with van der Waals surface area (Å²) >= 11 is 0. The number of halogens is 1. The molecule has 1 aromatic carbocycles. The summed E-state index contributed by atoms with van der Waals surface area (Å²) in [5.41, 5.74) is 6.15. The molecule has 1 saturated heterocycles. The second-order valence-electron chi connectivity index (χ2n) is 9.86. The molecule has 1 amide bonds. The molecule has 4 aliphatic rings. The van der Waals surface area contributed by atoms with Crippen LogP contribution in [0.4, 0.5) is 4.39 Å². The molecule has 2 bridgehead atoms. The summed E-state index contributed by atoms with van der Waals surface area (Å²) in [6.45, 7) is 1.69. The average Bonchev–Trinajstić information content (AvgIpc) is 2.85. The van der Waals surface area contributed by atoms with Crippen molar-refractivity contribution in [2.24, 2.45) is 11.1 Å². The highest BCUT2D eigenvalue weighted by Gasteiger charge is 2.53. The van der Waals surface area contributed by atoms with E-state index in [-0.39, 0.29) is 29.9 Å². The van der Waals surface area contributed by atoms with Gasteiger partial charge < -0.3 is 25.6 Å². The molecular formula is C25H35FN2O4. The number of nitrogens with two attached hydrogens (primary N) is 1. The van der Waals surface area contributed by atoms with E-state index in [1.165, 1.54) is 5.56 Å². The first kappa shape index (κ1) is 23.2. The van der Waals surface area contributed by atoms with Crippen LogP contribution in [0.2, 0.25) is 0 Å². The van der Waals surface area contributed by atoms with Gasteiger partial charge in [0.1, 0.15) is 12.4 Å². The first-order valence-corrected chi connectivity index (χ1v) is 11.7. The van der Waals surface area contributed by atoms with E-state index in [4.69, 9.17) is 15.2 Å². The minimum atomic E-state index is -0.841. The van der Waals surface area contributed by atoms with Crippen LogP contribution in [0, 0.1) is 5.41 Å². The zero-order valence-electron chi connectivity index (χ0n) is 18.7. The Balaban J connectivity index is 1.33. The third kappa shape index (κ3) is 4.70. The Morgan fingerprint density at radius 2 is 1.72 bits per heavy atom. The van der Waals surface area contributed by atoms with Crippen LogP contribution in [0.1, 0.15) is 56.9 Å². The molecule has 0 unspecified atom stereocenters. The van der Waals surface area contributed by atoms with Gasteiger partial charge in [-0.05, 0) is 61.6 Å². The molecule has 0 radical (unpaired) electrons. The fourth-order valence-corrected chi connectivity index (χ4v) is 5.54. The first-order valence-electron chi connectivity index (χ1n) is 11.7. The van der Waals surface area contributed by atoms with Crippen molar-refractivity contribution in [2.75, 3.05) is 32.9 Å². The lowest BCUT2D eigenvalue weighted by Crippen LogP contribution is -2.54. The quantitative estimate of drug-likeness (QED) is 0.571. The van der Waals surface area contributed by atoms with Gasteiger partial charge in [0.25, 0.3) is 0 Å². The Labute approximate surface area is 189 Å². The van der Waals surface area contributed by atoms with Gasteiger partial charge in [-0.3, -0.25) is 4.79 Å². The number of carbonyl (C=O) groups is 1. The SMILES string of the molecule is NC/C(=C\F)COc1ccc(C23CCC(C(=O)NCC4(O)CCOCC4)(CC2)CC3)cc1. The van der Waals surface area contributed by atoms with Crippen LogP contribution in [-0.2, 0) is 14.9 Å². The summed E-state index contributed by atoms with van der Waals surface area (Å²) in [4.78, 5) is 13.1. The predicted molar refractivity (Wildman–Crippen MR) is 120 cm³/mol. The van der Waals surface area contributed by atoms with Crippen molar-refractivity contribution in [1.29, 1.82) is 0 Å². The smallest absolute Gasteiger partial charge is 0.226 e. The van der Waals surface area contributed by atoms with Crippen LogP contribution in [0.25, 0.3) is 0 Å². The molecule has 32 heavy (non-hydrogen) atoms. The van der Waals surface area contributed by atoms with E-state index < -0.39 is 5.60 Å². The number of aliphatic hydroxyl groups is 1. The largest absolute Gasteiger partial charge is 0.489 e. The number of ether oxygens (including phenoxy) is 2. The third-order valence-corrected chi connectivity index (χ3v) is 8.04. The fourth-order valence-electron chi connectivity index (χ4n) is 5.54. The van der Waals surface area contributed by atoms with Gasteiger partial charge in [0, 0.05) is 50.1 Å². The van der Waals surface area contributed by atoms with Crippen LogP contribution in [0.15, 0.2) is 36.2 Å². The highest BCUT2D eigenvalue weighted by atomic mass is 19.1. The lowest BCUT2D eigenvalue weighted by molar-refractivity contribution is -0.140. The Hall–Kier alpha value is -1.96. The molecular weight excluding hydrogens is 411 g/mol. The lowest BCUT2D eigenvalue weighted by atomic mass is 9.51. The van der Waals surface area contributed by atoms with Gasteiger partial charge in [-0.1, -0.05) is 12.1 Å². The molecule has 4 fully saturated rings. The van der Waals surface area contributed by atoms with Crippen molar-refractivity contribution in [2.45, 2.75) is 62.4 Å². The average molecular weight is 447 g/mol. The van der Waals surface area contributed by atoms with Gasteiger partial charge in [0.15, 0.2) is 0 Å². The van der Waals surface area contributed by atoms with Gasteiger partial charge in [-0.15, -0.1) is 0 Å². The molecule has 4 N–H and O–H groups in total. The van der Waals surface area contributed by atoms with Crippen molar-refractivity contribution in [3.05, 3.63) is 41.7 Å². The van der Waals surface area contributed by atoms with Gasteiger partial charge >= 0.3 is 0 Å². The number of amides is 1. The summed E-state index contributed by atoms with van der Waals surface area (Å²) in [7, 11) is 0. The van der Waals surface area contributed by atoms with Crippen LogP contribution in [0.3, 0.4) is 0 Å². The molecule has 0 aromatic heterocycles. The van der Waals surface area contributed by atoms with Gasteiger partial charge in [0.2, 0.25) is 5.91 Å². The first-order chi connectivity index (χ1) is 15.4. The Morgan fingerprint density at radius 1 is 1.09 bits per heavy atom. The second kappa shape index (κ2) is 9.49. The fraction of sp³-hybridized carbons (Fsp3) is 0.640. The van der Waals surface area contributed by atoms with Gasteiger partial charge in [0.05, 0.1) is 11.9 Å². The molecule has 0 spiro atoms. The maximum atomic E-state index is 13.1. The topological polar surface area (TPSA) is 93.8 Å². The van der Waals surface area contributed by atoms with Crippen molar-refractivity contribution in [1.82, 2.24) is 5.32 Å². The van der Waals surface area contributed by atoms with Crippen molar-refractivity contribution in [3.63, 3.8) is 0 Å². The van der Waals surface area contributed by atoms with E-state index >= 15 is 0 Å². The molecule has 3 aliphatic carbocycles. The molecule has 3 saturated carbocycles. The Kier molecular flexibility index (Phi) is 6.89. The number of hydrogen-bond acceptors (Lipinski definition) is 5. The third-order valence-electron chi connectivity index (χ3n) is 8.04.